The minimum absolute atomic E-state index is 0.617. The molecular formula is C16H29N3. The molecule has 0 saturated heterocycles. The van der Waals surface area contributed by atoms with Crippen molar-refractivity contribution >= 4 is 5.95 Å². The van der Waals surface area contributed by atoms with Gasteiger partial charge in [-0.25, -0.2) is 4.98 Å². The fourth-order valence-electron chi connectivity index (χ4n) is 3.17. The summed E-state index contributed by atoms with van der Waals surface area (Å²) >= 11 is 0. The van der Waals surface area contributed by atoms with Crippen molar-refractivity contribution in [3.8, 4) is 0 Å². The lowest BCUT2D eigenvalue weighted by atomic mass is 9.84. The van der Waals surface area contributed by atoms with Crippen molar-refractivity contribution in [3.05, 3.63) is 11.9 Å². The van der Waals surface area contributed by atoms with Gasteiger partial charge in [-0.1, -0.05) is 40.0 Å². The molecule has 2 rings (SSSR count). The number of aryl methyl sites for hydroxylation is 1. The maximum absolute atomic E-state index is 4.66. The molecule has 2 atom stereocenters. The molecule has 1 heterocycles. The third-order valence-electron chi connectivity index (χ3n) is 4.15. The fourth-order valence-corrected chi connectivity index (χ4v) is 3.17. The molecule has 1 aromatic heterocycles. The van der Waals surface area contributed by atoms with Gasteiger partial charge in [0.05, 0.1) is 5.69 Å². The van der Waals surface area contributed by atoms with Crippen molar-refractivity contribution in [2.45, 2.75) is 72.4 Å². The molecule has 108 valence electrons. The van der Waals surface area contributed by atoms with Crippen LogP contribution in [0.25, 0.3) is 0 Å². The molecule has 1 saturated carbocycles. The average molecular weight is 263 g/mol. The molecule has 0 spiro atoms. The van der Waals surface area contributed by atoms with E-state index in [9.17, 15) is 0 Å². The smallest absolute Gasteiger partial charge is 0.203 e. The normalized spacial score (nSPS) is 23.8. The number of hydrogen-bond acceptors (Lipinski definition) is 2. The molecule has 1 N–H and O–H groups in total. The first-order valence-corrected chi connectivity index (χ1v) is 7.88. The number of imidazole rings is 1. The van der Waals surface area contributed by atoms with E-state index in [1.807, 2.05) is 0 Å². The van der Waals surface area contributed by atoms with Gasteiger partial charge in [0.1, 0.15) is 0 Å². The molecule has 1 aliphatic carbocycles. The second-order valence-corrected chi connectivity index (χ2v) is 6.53. The summed E-state index contributed by atoms with van der Waals surface area (Å²) in [6.45, 7) is 9.96. The van der Waals surface area contributed by atoms with Crippen molar-refractivity contribution in [3.63, 3.8) is 0 Å². The Balaban J connectivity index is 2.01. The van der Waals surface area contributed by atoms with E-state index in [1.165, 1.54) is 32.1 Å². The van der Waals surface area contributed by atoms with Gasteiger partial charge in [0, 0.05) is 18.8 Å². The third kappa shape index (κ3) is 3.99. The van der Waals surface area contributed by atoms with Crippen molar-refractivity contribution in [2.75, 3.05) is 5.32 Å². The number of anilines is 1. The molecule has 0 amide bonds. The van der Waals surface area contributed by atoms with Gasteiger partial charge in [0.2, 0.25) is 5.95 Å². The molecule has 1 fully saturated rings. The maximum atomic E-state index is 4.66. The van der Waals surface area contributed by atoms with Crippen molar-refractivity contribution < 1.29 is 0 Å². The van der Waals surface area contributed by atoms with Crippen LogP contribution in [0, 0.1) is 18.8 Å². The lowest BCUT2D eigenvalue weighted by Crippen LogP contribution is -2.28. The summed E-state index contributed by atoms with van der Waals surface area (Å²) in [7, 11) is 0. The van der Waals surface area contributed by atoms with E-state index in [2.05, 4.69) is 48.8 Å². The van der Waals surface area contributed by atoms with Crippen molar-refractivity contribution in [1.29, 1.82) is 0 Å². The van der Waals surface area contributed by atoms with Gasteiger partial charge in [-0.3, -0.25) is 0 Å². The molecule has 0 aromatic carbocycles. The van der Waals surface area contributed by atoms with E-state index in [1.54, 1.807) is 0 Å². The highest BCUT2D eigenvalue weighted by atomic mass is 15.2. The molecular weight excluding hydrogens is 234 g/mol. The van der Waals surface area contributed by atoms with Crippen molar-refractivity contribution in [2.24, 2.45) is 11.8 Å². The van der Waals surface area contributed by atoms with Crippen LogP contribution < -0.4 is 5.32 Å². The van der Waals surface area contributed by atoms with Crippen LogP contribution >= 0.6 is 0 Å². The molecule has 19 heavy (non-hydrogen) atoms. The van der Waals surface area contributed by atoms with Gasteiger partial charge in [-0.05, 0) is 31.6 Å². The molecule has 0 radical (unpaired) electrons. The van der Waals surface area contributed by atoms with E-state index in [-0.39, 0.29) is 0 Å². The summed E-state index contributed by atoms with van der Waals surface area (Å²) in [5.74, 6) is 2.64. The predicted octanol–water partition coefficient (Wildman–Crippen LogP) is 4.23. The topological polar surface area (TPSA) is 29.9 Å². The number of nitrogens with one attached hydrogen (secondary N) is 1. The van der Waals surface area contributed by atoms with Gasteiger partial charge >= 0.3 is 0 Å². The zero-order valence-corrected chi connectivity index (χ0v) is 12.9. The Kier molecular flexibility index (Phi) is 4.89. The highest BCUT2D eigenvalue weighted by molar-refractivity contribution is 5.30. The first kappa shape index (κ1) is 14.4. The lowest BCUT2D eigenvalue weighted by Gasteiger charge is -2.29. The summed E-state index contributed by atoms with van der Waals surface area (Å²) < 4.78 is 2.29. The van der Waals surface area contributed by atoms with Crippen LogP contribution in [-0.2, 0) is 6.54 Å². The maximum Gasteiger partial charge on any atom is 0.203 e. The summed E-state index contributed by atoms with van der Waals surface area (Å²) in [5.41, 5.74) is 1.12. The Labute approximate surface area is 117 Å². The zero-order chi connectivity index (χ0) is 13.8. The van der Waals surface area contributed by atoms with Gasteiger partial charge in [0.15, 0.2) is 0 Å². The van der Waals surface area contributed by atoms with Gasteiger partial charge in [-0.15, -0.1) is 0 Å². The van der Waals surface area contributed by atoms with E-state index in [4.69, 9.17) is 0 Å². The molecule has 2 unspecified atom stereocenters. The summed E-state index contributed by atoms with van der Waals surface area (Å²) in [6, 6.07) is 0.617. The molecule has 0 bridgehead atoms. The first-order chi connectivity index (χ1) is 9.08. The van der Waals surface area contributed by atoms with Crippen LogP contribution in [0.3, 0.4) is 0 Å². The summed E-state index contributed by atoms with van der Waals surface area (Å²) in [4.78, 5) is 4.66. The predicted molar refractivity (Wildman–Crippen MR) is 81.5 cm³/mol. The number of nitrogens with zero attached hydrogens (tertiary/aromatic N) is 2. The van der Waals surface area contributed by atoms with Crippen molar-refractivity contribution in [1.82, 2.24) is 9.55 Å². The highest BCUT2D eigenvalue weighted by Gasteiger charge is 2.22. The Morgan fingerprint density at radius 3 is 2.89 bits per heavy atom. The largest absolute Gasteiger partial charge is 0.353 e. The summed E-state index contributed by atoms with van der Waals surface area (Å²) in [5, 5.41) is 3.69. The monoisotopic (exact) mass is 263 g/mol. The molecule has 1 aromatic rings. The Morgan fingerprint density at radius 1 is 1.42 bits per heavy atom. The highest BCUT2D eigenvalue weighted by Crippen LogP contribution is 2.28. The van der Waals surface area contributed by atoms with E-state index >= 15 is 0 Å². The minimum atomic E-state index is 0.617. The number of rotatable bonds is 5. The van der Waals surface area contributed by atoms with Crippen LogP contribution in [0.5, 0.6) is 0 Å². The van der Waals surface area contributed by atoms with Gasteiger partial charge < -0.3 is 9.88 Å². The van der Waals surface area contributed by atoms with E-state index in [0.29, 0.717) is 12.0 Å². The number of aromatic nitrogens is 2. The van der Waals surface area contributed by atoms with Crippen LogP contribution in [0.2, 0.25) is 0 Å². The quantitative estimate of drug-likeness (QED) is 0.861. The van der Waals surface area contributed by atoms with E-state index in [0.717, 1.165) is 24.1 Å². The Morgan fingerprint density at radius 2 is 2.21 bits per heavy atom. The first-order valence-electron chi connectivity index (χ1n) is 7.88. The lowest BCUT2D eigenvalue weighted by molar-refractivity contribution is 0.325. The van der Waals surface area contributed by atoms with E-state index < -0.39 is 0 Å². The summed E-state index contributed by atoms with van der Waals surface area (Å²) in [6.07, 6.45) is 8.86. The molecule has 3 nitrogen and oxygen atoms in total. The van der Waals surface area contributed by atoms with Crippen LogP contribution in [0.1, 0.15) is 58.6 Å². The second-order valence-electron chi connectivity index (χ2n) is 6.53. The molecule has 1 aliphatic rings. The Hall–Kier alpha value is -0.990. The van der Waals surface area contributed by atoms with Gasteiger partial charge in [-0.2, -0.15) is 0 Å². The van der Waals surface area contributed by atoms with Crippen LogP contribution in [0.4, 0.5) is 5.95 Å². The fraction of sp³-hybridized carbons (Fsp3) is 0.812. The standard InChI is InChI=1S/C16H29N3/c1-5-14-7-6-8-15(9-14)18-16-17-13(4)11-19(16)10-12(2)3/h11-12,14-15H,5-10H2,1-4H3,(H,17,18). The van der Waals surface area contributed by atoms with Crippen LogP contribution in [0.15, 0.2) is 6.20 Å². The molecule has 0 aliphatic heterocycles. The molecule has 3 heteroatoms. The second kappa shape index (κ2) is 6.44. The Bertz CT molecular complexity index is 395. The minimum Gasteiger partial charge on any atom is -0.353 e. The SMILES string of the molecule is CCC1CCCC(Nc2nc(C)cn2CC(C)C)C1. The zero-order valence-electron chi connectivity index (χ0n) is 12.9. The average Bonchev–Trinajstić information content (AvgIpc) is 2.69. The van der Waals surface area contributed by atoms with Crippen LogP contribution in [-0.4, -0.2) is 15.6 Å². The third-order valence-corrected chi connectivity index (χ3v) is 4.15. The number of hydrogen-bond donors (Lipinski definition) is 1. The van der Waals surface area contributed by atoms with Gasteiger partial charge in [0.25, 0.3) is 0 Å².